The fourth-order valence-corrected chi connectivity index (χ4v) is 9.17. The maximum absolute atomic E-state index is 6.64. The van der Waals surface area contributed by atoms with Gasteiger partial charge < -0.3 is 9.64 Å². The minimum absolute atomic E-state index is 0.557. The van der Waals surface area contributed by atoms with Crippen molar-refractivity contribution in [3.63, 3.8) is 0 Å². The van der Waals surface area contributed by atoms with Gasteiger partial charge in [0.15, 0.2) is 0 Å². The molecule has 0 saturated heterocycles. The number of ether oxygens (including phenoxy) is 1. The number of nitrogens with zero attached hydrogens (tertiary/aromatic N) is 1. The van der Waals surface area contributed by atoms with E-state index in [1.54, 1.807) is 0 Å². The molecule has 1 aliphatic heterocycles. The molecule has 0 unspecified atom stereocenters. The molecule has 2 heteroatoms. The lowest BCUT2D eigenvalue weighted by molar-refractivity contribution is 0.436. The normalized spacial score (nSPS) is 12.8. The van der Waals surface area contributed by atoms with Crippen molar-refractivity contribution < 1.29 is 4.74 Å². The van der Waals surface area contributed by atoms with Gasteiger partial charge in [-0.1, -0.05) is 176 Å². The molecule has 0 saturated carbocycles. The maximum atomic E-state index is 6.64. The highest BCUT2D eigenvalue weighted by atomic mass is 16.5. The van der Waals surface area contributed by atoms with E-state index >= 15 is 0 Å². The Labute approximate surface area is 333 Å². The van der Waals surface area contributed by atoms with Crippen molar-refractivity contribution in [2.24, 2.45) is 0 Å². The van der Waals surface area contributed by atoms with Crippen molar-refractivity contribution in [1.82, 2.24) is 0 Å². The zero-order chi connectivity index (χ0) is 37.8. The quantitative estimate of drug-likeness (QED) is 0.169. The Morgan fingerprint density at radius 2 is 0.719 bits per heavy atom. The molecule has 1 aliphatic carbocycles. The molecular weight excluding hydrogens is 691 g/mol. The predicted molar refractivity (Wildman–Crippen MR) is 235 cm³/mol. The summed E-state index contributed by atoms with van der Waals surface area (Å²) in [6.07, 6.45) is 0. The van der Waals surface area contributed by atoms with Crippen LogP contribution in [0.3, 0.4) is 0 Å². The Balaban J connectivity index is 1.10. The third-order valence-corrected chi connectivity index (χ3v) is 11.8. The van der Waals surface area contributed by atoms with Crippen molar-refractivity contribution in [2.45, 2.75) is 5.41 Å². The molecule has 1 heterocycles. The Morgan fingerprint density at radius 3 is 1.35 bits per heavy atom. The first kappa shape index (κ1) is 33.0. The van der Waals surface area contributed by atoms with Crippen LogP contribution in [0.1, 0.15) is 22.3 Å². The van der Waals surface area contributed by atoms with Crippen LogP contribution in [-0.4, -0.2) is 0 Å². The number of para-hydroxylation sites is 2. The van der Waals surface area contributed by atoms with Gasteiger partial charge in [-0.15, -0.1) is 0 Å². The van der Waals surface area contributed by atoms with Crippen molar-refractivity contribution >= 4 is 17.1 Å². The number of hydrogen-bond donors (Lipinski definition) is 0. The van der Waals surface area contributed by atoms with Gasteiger partial charge >= 0.3 is 0 Å². The van der Waals surface area contributed by atoms with Crippen LogP contribution in [0, 0.1) is 0 Å². The molecule has 9 aromatic rings. The fourth-order valence-electron chi connectivity index (χ4n) is 9.17. The van der Waals surface area contributed by atoms with E-state index in [9.17, 15) is 0 Å². The van der Waals surface area contributed by atoms with Crippen LogP contribution in [0.4, 0.5) is 17.1 Å². The largest absolute Gasteiger partial charge is 0.457 e. The van der Waals surface area contributed by atoms with E-state index in [4.69, 9.17) is 4.74 Å². The van der Waals surface area contributed by atoms with Gasteiger partial charge in [-0.3, -0.25) is 0 Å². The molecule has 0 aromatic heterocycles. The fraction of sp³-hybridized carbons (Fsp3) is 0.0182. The van der Waals surface area contributed by atoms with E-state index in [0.29, 0.717) is 0 Å². The van der Waals surface area contributed by atoms with Crippen molar-refractivity contribution in [3.05, 3.63) is 247 Å². The van der Waals surface area contributed by atoms with E-state index in [1.165, 1.54) is 50.1 Å². The van der Waals surface area contributed by atoms with Crippen LogP contribution in [0.5, 0.6) is 11.5 Å². The van der Waals surface area contributed by atoms with Crippen LogP contribution in [0.2, 0.25) is 0 Å². The van der Waals surface area contributed by atoms with Crippen molar-refractivity contribution in [3.8, 4) is 56.0 Å². The standard InChI is InChI=1S/C55H37NO/c1-3-14-38(15-4-1)40-26-28-42(29-27-40)43-18-13-19-45(36-43)56(44-32-30-41(31-33-44)39-16-5-2-6-17-39)46-34-35-48-47-20-7-8-21-49(47)55(52(48)37-46)50-22-9-11-24-53(50)57-54-25-12-10-23-51(54)55/h1-37H. The molecule has 11 rings (SSSR count). The first-order valence-corrected chi connectivity index (χ1v) is 19.6. The van der Waals surface area contributed by atoms with Crippen LogP contribution in [0.25, 0.3) is 44.5 Å². The van der Waals surface area contributed by atoms with Crippen molar-refractivity contribution in [2.75, 3.05) is 4.90 Å². The summed E-state index contributed by atoms with van der Waals surface area (Å²) < 4.78 is 6.64. The highest BCUT2D eigenvalue weighted by Gasteiger charge is 2.51. The molecule has 0 atom stereocenters. The summed E-state index contributed by atoms with van der Waals surface area (Å²) >= 11 is 0. The topological polar surface area (TPSA) is 12.5 Å². The lowest BCUT2D eigenvalue weighted by Crippen LogP contribution is -2.32. The van der Waals surface area contributed by atoms with Crippen LogP contribution >= 0.6 is 0 Å². The Hall–Kier alpha value is -7.42. The number of rotatable bonds is 6. The highest BCUT2D eigenvalue weighted by molar-refractivity contribution is 5.91. The first-order valence-electron chi connectivity index (χ1n) is 19.6. The molecule has 2 aliphatic rings. The van der Waals surface area contributed by atoms with E-state index in [0.717, 1.165) is 45.3 Å². The summed E-state index contributed by atoms with van der Waals surface area (Å²) in [4.78, 5) is 2.41. The lowest BCUT2D eigenvalue weighted by atomic mass is 9.66. The SMILES string of the molecule is c1ccc(-c2ccc(-c3cccc(N(c4ccc(-c5ccccc5)cc4)c4ccc5c(c4)C4(c6ccccc6Oc6ccccc64)c4ccccc4-5)c3)cc2)cc1. The average Bonchev–Trinajstić information content (AvgIpc) is 3.57. The highest BCUT2D eigenvalue weighted by Crippen LogP contribution is 2.62. The predicted octanol–water partition coefficient (Wildman–Crippen LogP) is 14.6. The Morgan fingerprint density at radius 1 is 0.281 bits per heavy atom. The zero-order valence-corrected chi connectivity index (χ0v) is 31.2. The maximum Gasteiger partial charge on any atom is 0.132 e. The second-order valence-electron chi connectivity index (χ2n) is 14.9. The Kier molecular flexibility index (Phi) is 7.75. The molecule has 57 heavy (non-hydrogen) atoms. The number of benzene rings is 9. The van der Waals surface area contributed by atoms with Gasteiger partial charge in [0.1, 0.15) is 11.5 Å². The summed E-state index contributed by atoms with van der Waals surface area (Å²) in [5, 5.41) is 0. The minimum Gasteiger partial charge on any atom is -0.457 e. The number of fused-ring (bicyclic) bond motifs is 9. The van der Waals surface area contributed by atoms with Gasteiger partial charge in [0.25, 0.3) is 0 Å². The van der Waals surface area contributed by atoms with Gasteiger partial charge in [0.2, 0.25) is 0 Å². The second-order valence-corrected chi connectivity index (χ2v) is 14.9. The van der Waals surface area contributed by atoms with Gasteiger partial charge in [0, 0.05) is 28.2 Å². The minimum atomic E-state index is -0.557. The van der Waals surface area contributed by atoms with E-state index in [1.807, 2.05) is 0 Å². The molecule has 0 N–H and O–H groups in total. The molecular formula is C55H37NO. The average molecular weight is 728 g/mol. The number of hydrogen-bond acceptors (Lipinski definition) is 2. The van der Waals surface area contributed by atoms with Gasteiger partial charge in [-0.05, 0) is 104 Å². The third kappa shape index (κ3) is 5.33. The molecule has 0 bridgehead atoms. The van der Waals surface area contributed by atoms with Crippen molar-refractivity contribution in [1.29, 1.82) is 0 Å². The molecule has 0 radical (unpaired) electrons. The molecule has 9 aromatic carbocycles. The van der Waals surface area contributed by atoms with E-state index < -0.39 is 5.41 Å². The summed E-state index contributed by atoms with van der Waals surface area (Å²) in [6, 6.07) is 81.1. The molecule has 1 spiro atoms. The summed E-state index contributed by atoms with van der Waals surface area (Å²) in [5.41, 5.74) is 17.2. The van der Waals surface area contributed by atoms with Gasteiger partial charge in [-0.2, -0.15) is 0 Å². The van der Waals surface area contributed by atoms with Crippen LogP contribution in [-0.2, 0) is 5.41 Å². The second kappa shape index (κ2) is 13.4. The van der Waals surface area contributed by atoms with Gasteiger partial charge in [0.05, 0.1) is 5.41 Å². The molecule has 0 amide bonds. The third-order valence-electron chi connectivity index (χ3n) is 11.8. The first-order chi connectivity index (χ1) is 28.3. The number of anilines is 3. The monoisotopic (exact) mass is 727 g/mol. The summed E-state index contributed by atoms with van der Waals surface area (Å²) in [6.45, 7) is 0. The lowest BCUT2D eigenvalue weighted by Gasteiger charge is -2.39. The summed E-state index contributed by atoms with van der Waals surface area (Å²) in [7, 11) is 0. The van der Waals surface area contributed by atoms with Crippen LogP contribution < -0.4 is 9.64 Å². The Bertz CT molecular complexity index is 2870. The zero-order valence-electron chi connectivity index (χ0n) is 31.2. The van der Waals surface area contributed by atoms with E-state index in [2.05, 4.69) is 229 Å². The smallest absolute Gasteiger partial charge is 0.132 e. The van der Waals surface area contributed by atoms with E-state index in [-0.39, 0.29) is 0 Å². The molecule has 0 fully saturated rings. The van der Waals surface area contributed by atoms with Crippen LogP contribution in [0.15, 0.2) is 224 Å². The molecule has 268 valence electrons. The molecule has 2 nitrogen and oxygen atoms in total. The summed E-state index contributed by atoms with van der Waals surface area (Å²) in [5.74, 6) is 1.78. The van der Waals surface area contributed by atoms with Gasteiger partial charge in [-0.25, -0.2) is 0 Å².